The van der Waals surface area contributed by atoms with Crippen LogP contribution >= 0.6 is 34.7 Å². The third kappa shape index (κ3) is 3.77. The summed E-state index contributed by atoms with van der Waals surface area (Å²) in [5.41, 5.74) is -0.730. The second kappa shape index (κ2) is 10.0. The summed E-state index contributed by atoms with van der Waals surface area (Å²) in [5.74, 6) is -1.59. The van der Waals surface area contributed by atoms with Gasteiger partial charge in [0.15, 0.2) is 15.3 Å². The van der Waals surface area contributed by atoms with Gasteiger partial charge in [0.05, 0.1) is 16.6 Å². The minimum atomic E-state index is -1.90. The molecular weight excluding hydrogens is 599 g/mol. The Kier molecular flexibility index (Phi) is 6.41. The fraction of sp³-hybridized carbons (Fsp3) is 0.167. The number of amides is 2. The van der Waals surface area contributed by atoms with Crippen LogP contribution in [0.5, 0.6) is 0 Å². The van der Waals surface area contributed by atoms with Crippen LogP contribution in [-0.2, 0) is 16.1 Å². The highest BCUT2D eigenvalue weighted by Gasteiger charge is 2.66. The average Bonchev–Trinajstić information content (AvgIpc) is 3.63. The highest BCUT2D eigenvalue weighted by molar-refractivity contribution is 8.00. The minimum Gasteiger partial charge on any atom is -0.450 e. The molecule has 0 bridgehead atoms. The van der Waals surface area contributed by atoms with Crippen LogP contribution in [0.4, 0.5) is 15.2 Å². The summed E-state index contributed by atoms with van der Waals surface area (Å²) in [4.78, 5) is 45.8. The molecule has 2 amide bonds. The molecule has 7 rings (SSSR count). The van der Waals surface area contributed by atoms with E-state index in [0.29, 0.717) is 39.3 Å². The SMILES string of the molecule is CCCN1C(=O)C2(c3ccccc31)c1c(oc3ccc(F)cc3c1=O)C(=O)N2c1nnc(SCc2ccccc2Cl)s1. The van der Waals surface area contributed by atoms with Crippen molar-refractivity contribution in [2.45, 2.75) is 29.0 Å². The molecule has 12 heteroatoms. The van der Waals surface area contributed by atoms with Crippen LogP contribution in [0.15, 0.2) is 80.3 Å². The lowest BCUT2D eigenvalue weighted by atomic mass is 9.84. The first-order valence-electron chi connectivity index (χ1n) is 13.1. The Balaban J connectivity index is 1.44. The molecule has 8 nitrogen and oxygen atoms in total. The molecule has 3 aromatic carbocycles. The van der Waals surface area contributed by atoms with Crippen LogP contribution in [0.1, 0.15) is 40.6 Å². The van der Waals surface area contributed by atoms with Gasteiger partial charge in [-0.25, -0.2) is 4.39 Å². The number of thioether (sulfide) groups is 1. The van der Waals surface area contributed by atoms with E-state index in [0.717, 1.165) is 29.0 Å². The normalized spacial score (nSPS) is 17.5. The molecule has 0 saturated heterocycles. The van der Waals surface area contributed by atoms with Gasteiger partial charge in [0.1, 0.15) is 11.4 Å². The average molecular weight is 619 g/mol. The molecule has 2 aliphatic heterocycles. The fourth-order valence-electron chi connectivity index (χ4n) is 5.69. The van der Waals surface area contributed by atoms with Gasteiger partial charge < -0.3 is 9.32 Å². The van der Waals surface area contributed by atoms with Crippen molar-refractivity contribution in [3.63, 3.8) is 0 Å². The number of para-hydroxylation sites is 1. The molecule has 4 heterocycles. The molecule has 1 unspecified atom stereocenters. The van der Waals surface area contributed by atoms with Gasteiger partial charge in [0.25, 0.3) is 11.8 Å². The first-order chi connectivity index (χ1) is 20.4. The Hall–Kier alpha value is -4.06. The Morgan fingerprint density at radius 2 is 1.83 bits per heavy atom. The second-order valence-electron chi connectivity index (χ2n) is 9.83. The zero-order chi connectivity index (χ0) is 29.2. The summed E-state index contributed by atoms with van der Waals surface area (Å²) in [6.45, 7) is 2.29. The first-order valence-corrected chi connectivity index (χ1v) is 15.3. The number of aromatic nitrogens is 2. The number of benzene rings is 3. The smallest absolute Gasteiger partial charge is 0.297 e. The quantitative estimate of drug-likeness (QED) is 0.161. The lowest BCUT2D eigenvalue weighted by Crippen LogP contribution is -2.53. The second-order valence-corrected chi connectivity index (χ2v) is 12.4. The van der Waals surface area contributed by atoms with E-state index in [2.05, 4.69) is 10.2 Å². The van der Waals surface area contributed by atoms with E-state index in [9.17, 15) is 18.8 Å². The minimum absolute atomic E-state index is 0.0443. The lowest BCUT2D eigenvalue weighted by Gasteiger charge is -2.32. The summed E-state index contributed by atoms with van der Waals surface area (Å²) < 4.78 is 20.8. The van der Waals surface area contributed by atoms with Crippen LogP contribution in [0.2, 0.25) is 5.02 Å². The highest BCUT2D eigenvalue weighted by Crippen LogP contribution is 2.54. The van der Waals surface area contributed by atoms with Gasteiger partial charge in [-0.3, -0.25) is 19.3 Å². The van der Waals surface area contributed by atoms with E-state index >= 15 is 0 Å². The maximum Gasteiger partial charge on any atom is 0.297 e. The fourth-order valence-corrected chi connectivity index (χ4v) is 7.86. The maximum atomic E-state index is 14.6. The summed E-state index contributed by atoms with van der Waals surface area (Å²) in [6.07, 6.45) is 0.635. The Morgan fingerprint density at radius 1 is 1.05 bits per heavy atom. The van der Waals surface area contributed by atoms with Crippen LogP contribution in [0.3, 0.4) is 0 Å². The van der Waals surface area contributed by atoms with Crippen molar-refractivity contribution in [2.24, 2.45) is 0 Å². The predicted octanol–water partition coefficient (Wildman–Crippen LogP) is 6.39. The largest absolute Gasteiger partial charge is 0.450 e. The summed E-state index contributed by atoms with van der Waals surface area (Å²) in [7, 11) is 0. The van der Waals surface area contributed by atoms with Crippen molar-refractivity contribution in [1.82, 2.24) is 10.2 Å². The summed E-state index contributed by atoms with van der Waals surface area (Å²) in [6, 6.07) is 18.0. The van der Waals surface area contributed by atoms with Crippen molar-refractivity contribution >= 4 is 68.3 Å². The molecule has 0 N–H and O–H groups in total. The van der Waals surface area contributed by atoms with Gasteiger partial charge in [-0.15, -0.1) is 10.2 Å². The number of anilines is 2. The van der Waals surface area contributed by atoms with E-state index in [4.69, 9.17) is 16.0 Å². The topological polar surface area (TPSA) is 96.6 Å². The van der Waals surface area contributed by atoms with Gasteiger partial charge in [-0.05, 0) is 42.3 Å². The van der Waals surface area contributed by atoms with Crippen molar-refractivity contribution in [2.75, 3.05) is 16.3 Å². The van der Waals surface area contributed by atoms with E-state index in [1.807, 2.05) is 25.1 Å². The number of fused-ring (bicyclic) bond motifs is 5. The molecule has 42 heavy (non-hydrogen) atoms. The monoisotopic (exact) mass is 618 g/mol. The molecule has 0 radical (unpaired) electrons. The van der Waals surface area contributed by atoms with Crippen LogP contribution in [-0.4, -0.2) is 28.6 Å². The highest BCUT2D eigenvalue weighted by atomic mass is 35.5. The Labute approximate surface area is 251 Å². The molecule has 2 aliphatic rings. The number of rotatable bonds is 6. The zero-order valence-electron chi connectivity index (χ0n) is 22.0. The van der Waals surface area contributed by atoms with Gasteiger partial charge in [0.2, 0.25) is 10.9 Å². The molecule has 210 valence electrons. The Morgan fingerprint density at radius 3 is 2.64 bits per heavy atom. The molecular formula is C30H20ClFN4O4S2. The molecule has 1 atom stereocenters. The Bertz CT molecular complexity index is 2000. The van der Waals surface area contributed by atoms with E-state index in [1.54, 1.807) is 35.2 Å². The number of hydrogen-bond donors (Lipinski definition) is 0. The van der Waals surface area contributed by atoms with Crippen molar-refractivity contribution in [3.05, 3.63) is 110 Å². The lowest BCUT2D eigenvalue weighted by molar-refractivity contribution is -0.121. The third-order valence-corrected chi connectivity index (χ3v) is 9.89. The summed E-state index contributed by atoms with van der Waals surface area (Å²) in [5, 5.41) is 9.31. The van der Waals surface area contributed by atoms with Crippen LogP contribution < -0.4 is 15.2 Å². The number of hydrogen-bond acceptors (Lipinski definition) is 8. The van der Waals surface area contributed by atoms with Crippen LogP contribution in [0, 0.1) is 5.82 Å². The van der Waals surface area contributed by atoms with E-state index in [1.165, 1.54) is 22.7 Å². The molecule has 0 fully saturated rings. The zero-order valence-corrected chi connectivity index (χ0v) is 24.4. The van der Waals surface area contributed by atoms with Crippen molar-refractivity contribution in [3.8, 4) is 0 Å². The van der Waals surface area contributed by atoms with Crippen LogP contribution in [0.25, 0.3) is 11.0 Å². The summed E-state index contributed by atoms with van der Waals surface area (Å²) >= 11 is 8.83. The molecule has 0 aliphatic carbocycles. The van der Waals surface area contributed by atoms with Crippen molar-refractivity contribution < 1.29 is 18.4 Å². The number of halogens is 2. The molecule has 0 saturated carbocycles. The number of nitrogens with zero attached hydrogens (tertiary/aromatic N) is 4. The van der Waals surface area contributed by atoms with Gasteiger partial charge in [0, 0.05) is 22.9 Å². The maximum absolute atomic E-state index is 14.6. The third-order valence-electron chi connectivity index (χ3n) is 7.43. The standard InChI is InChI=1S/C30H20ClFN4O4S2/c1-2-13-35-21-10-6-4-8-19(21)30(27(35)39)23-24(37)18-14-17(32)11-12-22(18)40-25(23)26(38)36(30)28-33-34-29(42-28)41-15-16-7-3-5-9-20(16)31/h3-12,14H,2,13,15H2,1H3. The van der Waals surface area contributed by atoms with Gasteiger partial charge in [-0.2, -0.15) is 0 Å². The van der Waals surface area contributed by atoms with E-state index < -0.39 is 28.6 Å². The van der Waals surface area contributed by atoms with Crippen molar-refractivity contribution in [1.29, 1.82) is 0 Å². The molecule has 5 aromatic rings. The first kappa shape index (κ1) is 26.8. The van der Waals surface area contributed by atoms with Gasteiger partial charge in [-0.1, -0.05) is 78.0 Å². The van der Waals surface area contributed by atoms with Gasteiger partial charge >= 0.3 is 0 Å². The number of carbonyl (C=O) groups excluding carboxylic acids is 2. The van der Waals surface area contributed by atoms with E-state index in [-0.39, 0.29) is 27.4 Å². The molecule has 2 aromatic heterocycles. The molecule has 1 spiro atoms. The number of carbonyl (C=O) groups is 2. The predicted molar refractivity (Wildman–Crippen MR) is 160 cm³/mol.